The summed E-state index contributed by atoms with van der Waals surface area (Å²) in [7, 11) is 0. The first-order chi connectivity index (χ1) is 6.11. The van der Waals surface area contributed by atoms with Crippen LogP contribution in [0.25, 0.3) is 0 Å². The van der Waals surface area contributed by atoms with Gasteiger partial charge in [0.15, 0.2) is 12.6 Å². The summed E-state index contributed by atoms with van der Waals surface area (Å²) in [4.78, 5) is 21.1. The van der Waals surface area contributed by atoms with Crippen molar-refractivity contribution in [3.8, 4) is 5.75 Å². The fourth-order valence-electron chi connectivity index (χ4n) is 1.30. The molecule has 1 aromatic rings. The molecule has 0 atom stereocenters. The molecule has 0 radical (unpaired) electrons. The Morgan fingerprint density at radius 2 is 1.46 bits per heavy atom. The number of carbonyl (C=O) groups excluding carboxylic acids is 2. The standard InChI is InChI=1S/C10H10O3/c1-6-3-7(2)9(5-12)10(13)8(6)4-11/h3-5,13H,1-2H3. The summed E-state index contributed by atoms with van der Waals surface area (Å²) in [5.74, 6) is -0.220. The average molecular weight is 178 g/mol. The van der Waals surface area contributed by atoms with Gasteiger partial charge >= 0.3 is 0 Å². The van der Waals surface area contributed by atoms with Gasteiger partial charge in [0.05, 0.1) is 11.1 Å². The Kier molecular flexibility index (Phi) is 2.46. The van der Waals surface area contributed by atoms with Crippen molar-refractivity contribution in [2.75, 3.05) is 0 Å². The number of aromatic hydroxyl groups is 1. The number of phenolic OH excluding ortho intramolecular Hbond substituents is 1. The minimum Gasteiger partial charge on any atom is -0.506 e. The summed E-state index contributed by atoms with van der Waals surface area (Å²) >= 11 is 0. The lowest BCUT2D eigenvalue weighted by molar-refractivity contribution is 0.111. The van der Waals surface area contributed by atoms with E-state index in [0.29, 0.717) is 23.7 Å². The molecule has 3 heteroatoms. The molecule has 0 heterocycles. The van der Waals surface area contributed by atoms with E-state index < -0.39 is 0 Å². The molecule has 0 aromatic heterocycles. The van der Waals surface area contributed by atoms with Gasteiger partial charge in [-0.2, -0.15) is 0 Å². The Balaban J connectivity index is 3.56. The first-order valence-corrected chi connectivity index (χ1v) is 3.85. The van der Waals surface area contributed by atoms with Gasteiger partial charge in [-0.15, -0.1) is 0 Å². The van der Waals surface area contributed by atoms with Gasteiger partial charge in [-0.25, -0.2) is 0 Å². The molecule has 0 aliphatic heterocycles. The monoisotopic (exact) mass is 178 g/mol. The van der Waals surface area contributed by atoms with E-state index in [2.05, 4.69) is 0 Å². The third kappa shape index (κ3) is 1.45. The Hall–Kier alpha value is -1.64. The molecule has 0 fully saturated rings. The van der Waals surface area contributed by atoms with Gasteiger partial charge in [0.2, 0.25) is 0 Å². The second-order valence-electron chi connectivity index (χ2n) is 2.92. The summed E-state index contributed by atoms with van der Waals surface area (Å²) in [6.45, 7) is 3.43. The van der Waals surface area contributed by atoms with Crippen LogP contribution < -0.4 is 0 Å². The highest BCUT2D eigenvalue weighted by atomic mass is 16.3. The fraction of sp³-hybridized carbons (Fsp3) is 0.200. The van der Waals surface area contributed by atoms with Crippen LogP contribution in [0.15, 0.2) is 6.07 Å². The van der Waals surface area contributed by atoms with Gasteiger partial charge in [0, 0.05) is 0 Å². The van der Waals surface area contributed by atoms with Crippen molar-refractivity contribution in [1.82, 2.24) is 0 Å². The normalized spacial score (nSPS) is 9.69. The van der Waals surface area contributed by atoms with Gasteiger partial charge in [0.25, 0.3) is 0 Å². The van der Waals surface area contributed by atoms with Crippen LogP contribution in [0, 0.1) is 13.8 Å². The van der Waals surface area contributed by atoms with Crippen LogP contribution in [0.5, 0.6) is 5.75 Å². The van der Waals surface area contributed by atoms with Crippen molar-refractivity contribution < 1.29 is 14.7 Å². The molecule has 0 amide bonds. The van der Waals surface area contributed by atoms with E-state index in [1.165, 1.54) is 0 Å². The van der Waals surface area contributed by atoms with E-state index >= 15 is 0 Å². The highest BCUT2D eigenvalue weighted by Gasteiger charge is 2.11. The lowest BCUT2D eigenvalue weighted by Crippen LogP contribution is -1.95. The molecule has 13 heavy (non-hydrogen) atoms. The lowest BCUT2D eigenvalue weighted by atomic mass is 10.00. The summed E-state index contributed by atoms with van der Waals surface area (Å²) in [6, 6.07) is 1.70. The topological polar surface area (TPSA) is 54.4 Å². The quantitative estimate of drug-likeness (QED) is 0.700. The molecule has 0 unspecified atom stereocenters. The Morgan fingerprint density at radius 3 is 1.77 bits per heavy atom. The molecule has 0 spiro atoms. The Labute approximate surface area is 76.0 Å². The maximum absolute atomic E-state index is 10.6. The molecular weight excluding hydrogens is 168 g/mol. The average Bonchev–Trinajstić information content (AvgIpc) is 2.04. The summed E-state index contributed by atoms with van der Waals surface area (Å²) < 4.78 is 0. The first-order valence-electron chi connectivity index (χ1n) is 3.85. The number of rotatable bonds is 2. The molecule has 1 aromatic carbocycles. The zero-order valence-corrected chi connectivity index (χ0v) is 7.50. The van der Waals surface area contributed by atoms with Crippen LogP contribution in [0.3, 0.4) is 0 Å². The lowest BCUT2D eigenvalue weighted by Gasteiger charge is -2.07. The molecule has 0 bridgehead atoms. The third-order valence-electron chi connectivity index (χ3n) is 2.03. The van der Waals surface area contributed by atoms with Crippen molar-refractivity contribution in [2.45, 2.75) is 13.8 Å². The van der Waals surface area contributed by atoms with Crippen LogP contribution in [0.2, 0.25) is 0 Å². The largest absolute Gasteiger partial charge is 0.506 e. The van der Waals surface area contributed by atoms with Crippen molar-refractivity contribution in [3.63, 3.8) is 0 Å². The van der Waals surface area contributed by atoms with Gasteiger partial charge in [0.1, 0.15) is 5.75 Å². The molecule has 3 nitrogen and oxygen atoms in total. The van der Waals surface area contributed by atoms with E-state index in [9.17, 15) is 14.7 Å². The predicted octanol–water partition coefficient (Wildman–Crippen LogP) is 1.63. The molecule has 0 saturated heterocycles. The molecule has 1 rings (SSSR count). The maximum Gasteiger partial charge on any atom is 0.154 e. The smallest absolute Gasteiger partial charge is 0.154 e. The minimum absolute atomic E-state index is 0.188. The van der Waals surface area contributed by atoms with E-state index in [-0.39, 0.29) is 16.9 Å². The van der Waals surface area contributed by atoms with Crippen molar-refractivity contribution in [3.05, 3.63) is 28.3 Å². The zero-order valence-electron chi connectivity index (χ0n) is 7.50. The molecule has 1 N–H and O–H groups in total. The summed E-state index contributed by atoms with van der Waals surface area (Å²) in [5.41, 5.74) is 1.73. The number of hydrogen-bond donors (Lipinski definition) is 1. The Bertz CT molecular complexity index is 335. The molecule has 0 saturated carbocycles. The minimum atomic E-state index is -0.220. The van der Waals surface area contributed by atoms with Gasteiger partial charge in [-0.05, 0) is 25.0 Å². The molecule has 68 valence electrons. The molecular formula is C10H10O3. The highest BCUT2D eigenvalue weighted by Crippen LogP contribution is 2.25. The zero-order chi connectivity index (χ0) is 10.0. The fourth-order valence-corrected chi connectivity index (χ4v) is 1.30. The third-order valence-corrected chi connectivity index (χ3v) is 2.03. The van der Waals surface area contributed by atoms with Crippen molar-refractivity contribution in [1.29, 1.82) is 0 Å². The van der Waals surface area contributed by atoms with Gasteiger partial charge < -0.3 is 5.11 Å². The maximum atomic E-state index is 10.6. The van der Waals surface area contributed by atoms with Crippen LogP contribution in [-0.4, -0.2) is 17.7 Å². The second kappa shape index (κ2) is 3.39. The van der Waals surface area contributed by atoms with E-state index in [1.54, 1.807) is 19.9 Å². The van der Waals surface area contributed by atoms with Crippen LogP contribution in [-0.2, 0) is 0 Å². The SMILES string of the molecule is Cc1cc(C)c(C=O)c(O)c1C=O. The second-order valence-corrected chi connectivity index (χ2v) is 2.92. The number of aldehydes is 2. The van der Waals surface area contributed by atoms with Crippen LogP contribution in [0.1, 0.15) is 31.8 Å². The predicted molar refractivity (Wildman–Crippen MR) is 48.4 cm³/mol. The van der Waals surface area contributed by atoms with Crippen LogP contribution >= 0.6 is 0 Å². The highest BCUT2D eigenvalue weighted by molar-refractivity contribution is 5.90. The first kappa shape index (κ1) is 9.45. The number of aryl methyl sites for hydroxylation is 2. The molecule has 0 aliphatic rings. The van der Waals surface area contributed by atoms with Gasteiger partial charge in [-0.1, -0.05) is 6.07 Å². The van der Waals surface area contributed by atoms with Crippen LogP contribution in [0.4, 0.5) is 0 Å². The van der Waals surface area contributed by atoms with Crippen molar-refractivity contribution in [2.24, 2.45) is 0 Å². The van der Waals surface area contributed by atoms with Gasteiger partial charge in [-0.3, -0.25) is 9.59 Å². The number of benzene rings is 1. The number of phenols is 1. The summed E-state index contributed by atoms with van der Waals surface area (Å²) in [6.07, 6.45) is 1.11. The number of carbonyl (C=O) groups is 2. The van der Waals surface area contributed by atoms with E-state index in [1.807, 2.05) is 0 Å². The van der Waals surface area contributed by atoms with E-state index in [4.69, 9.17) is 0 Å². The number of hydrogen-bond acceptors (Lipinski definition) is 3. The summed E-state index contributed by atoms with van der Waals surface area (Å²) in [5, 5.41) is 9.49. The van der Waals surface area contributed by atoms with Crippen molar-refractivity contribution >= 4 is 12.6 Å². The van der Waals surface area contributed by atoms with E-state index in [0.717, 1.165) is 0 Å². The molecule has 0 aliphatic carbocycles. The Morgan fingerprint density at radius 1 is 1.08 bits per heavy atom.